The zero-order chi connectivity index (χ0) is 14.1. The molecule has 0 spiro atoms. The molecule has 20 heavy (non-hydrogen) atoms. The number of nitrogens with zero attached hydrogens (tertiary/aromatic N) is 3. The van der Waals surface area contributed by atoms with Gasteiger partial charge in [0.15, 0.2) is 0 Å². The molecule has 1 aliphatic rings. The maximum absolute atomic E-state index is 13.9. The smallest absolute Gasteiger partial charge is 0.230 e. The van der Waals surface area contributed by atoms with Crippen LogP contribution in [0.15, 0.2) is 21.0 Å². The van der Waals surface area contributed by atoms with Crippen LogP contribution in [0.3, 0.4) is 0 Å². The number of rotatable bonds is 3. The van der Waals surface area contributed by atoms with Crippen molar-refractivity contribution in [2.75, 3.05) is 6.54 Å². The highest BCUT2D eigenvalue weighted by atomic mass is 79.9. The summed E-state index contributed by atoms with van der Waals surface area (Å²) in [6.07, 6.45) is 1.56. The van der Waals surface area contributed by atoms with E-state index < -0.39 is 0 Å². The first-order valence-electron chi connectivity index (χ1n) is 6.66. The van der Waals surface area contributed by atoms with Crippen LogP contribution in [0, 0.1) is 5.82 Å². The average Bonchev–Trinajstić information content (AvgIpc) is 2.91. The summed E-state index contributed by atoms with van der Waals surface area (Å²) in [5.74, 6) is 1.10. The van der Waals surface area contributed by atoms with Crippen LogP contribution in [0.4, 0.5) is 4.39 Å². The lowest BCUT2D eigenvalue weighted by Crippen LogP contribution is -2.31. The topological polar surface area (TPSA) is 42.2 Å². The van der Waals surface area contributed by atoms with Gasteiger partial charge in [-0.3, -0.25) is 4.90 Å². The predicted octanol–water partition coefficient (Wildman–Crippen LogP) is 3.09. The SMILES string of the molecule is CCc1nnc(CN2CCc3c(Br)ccc(F)c3C2)o1. The van der Waals surface area contributed by atoms with Crippen LogP contribution in [0.5, 0.6) is 0 Å². The van der Waals surface area contributed by atoms with Gasteiger partial charge in [0.05, 0.1) is 6.54 Å². The van der Waals surface area contributed by atoms with Crippen LogP contribution in [0.1, 0.15) is 29.8 Å². The number of hydrogen-bond acceptors (Lipinski definition) is 4. The summed E-state index contributed by atoms with van der Waals surface area (Å²) in [6.45, 7) is 3.98. The molecule has 0 saturated heterocycles. The molecule has 0 N–H and O–H groups in total. The Morgan fingerprint density at radius 3 is 2.85 bits per heavy atom. The fraction of sp³-hybridized carbons (Fsp3) is 0.429. The van der Waals surface area contributed by atoms with Crippen LogP contribution in [-0.2, 0) is 25.9 Å². The van der Waals surface area contributed by atoms with Crippen molar-refractivity contribution >= 4 is 15.9 Å². The maximum atomic E-state index is 13.9. The molecule has 6 heteroatoms. The van der Waals surface area contributed by atoms with Gasteiger partial charge in [0, 0.05) is 29.5 Å². The quantitative estimate of drug-likeness (QED) is 0.861. The van der Waals surface area contributed by atoms with E-state index >= 15 is 0 Å². The van der Waals surface area contributed by atoms with E-state index in [1.54, 1.807) is 6.07 Å². The Bertz CT molecular complexity index is 629. The minimum atomic E-state index is -0.146. The Morgan fingerprint density at radius 1 is 1.30 bits per heavy atom. The molecule has 106 valence electrons. The van der Waals surface area contributed by atoms with Crippen molar-refractivity contribution in [3.63, 3.8) is 0 Å². The van der Waals surface area contributed by atoms with Crippen LogP contribution < -0.4 is 0 Å². The van der Waals surface area contributed by atoms with Gasteiger partial charge in [0.1, 0.15) is 5.82 Å². The van der Waals surface area contributed by atoms with E-state index in [-0.39, 0.29) is 5.82 Å². The van der Waals surface area contributed by atoms with Gasteiger partial charge < -0.3 is 4.42 Å². The number of benzene rings is 1. The molecule has 1 aromatic heterocycles. The Labute approximate surface area is 125 Å². The van der Waals surface area contributed by atoms with Crippen molar-refractivity contribution in [1.29, 1.82) is 0 Å². The van der Waals surface area contributed by atoms with Crippen LogP contribution in [0.2, 0.25) is 0 Å². The number of halogens is 2. The molecule has 1 aliphatic heterocycles. The zero-order valence-corrected chi connectivity index (χ0v) is 12.8. The fourth-order valence-corrected chi connectivity index (χ4v) is 3.04. The summed E-state index contributed by atoms with van der Waals surface area (Å²) in [6, 6.07) is 3.28. The highest BCUT2D eigenvalue weighted by Gasteiger charge is 2.22. The van der Waals surface area contributed by atoms with Crippen molar-refractivity contribution in [2.24, 2.45) is 0 Å². The molecule has 0 radical (unpaired) electrons. The number of aromatic nitrogens is 2. The normalized spacial score (nSPS) is 15.3. The third kappa shape index (κ3) is 2.62. The minimum Gasteiger partial charge on any atom is -0.424 e. The Kier molecular flexibility index (Phi) is 3.85. The second-order valence-electron chi connectivity index (χ2n) is 4.89. The van der Waals surface area contributed by atoms with Crippen LogP contribution >= 0.6 is 15.9 Å². The number of fused-ring (bicyclic) bond motifs is 1. The van der Waals surface area contributed by atoms with Gasteiger partial charge in [-0.15, -0.1) is 10.2 Å². The van der Waals surface area contributed by atoms with E-state index in [1.807, 2.05) is 6.92 Å². The molecule has 2 heterocycles. The monoisotopic (exact) mass is 339 g/mol. The van der Waals surface area contributed by atoms with Crippen molar-refractivity contribution in [1.82, 2.24) is 15.1 Å². The molecule has 4 nitrogen and oxygen atoms in total. The molecule has 0 fully saturated rings. The Hall–Kier alpha value is -1.27. The van der Waals surface area contributed by atoms with Crippen LogP contribution in [0.25, 0.3) is 0 Å². The molecule has 1 aromatic carbocycles. The molecule has 0 atom stereocenters. The molecule has 0 bridgehead atoms. The highest BCUT2D eigenvalue weighted by Crippen LogP contribution is 2.29. The first-order chi connectivity index (χ1) is 9.67. The molecule has 0 saturated carbocycles. The van der Waals surface area contributed by atoms with Gasteiger partial charge in [-0.2, -0.15) is 0 Å². The summed E-state index contributed by atoms with van der Waals surface area (Å²) < 4.78 is 20.4. The Morgan fingerprint density at radius 2 is 2.10 bits per heavy atom. The third-order valence-corrected chi connectivity index (χ3v) is 4.29. The lowest BCUT2D eigenvalue weighted by atomic mass is 9.99. The van der Waals surface area contributed by atoms with Gasteiger partial charge >= 0.3 is 0 Å². The van der Waals surface area contributed by atoms with E-state index in [2.05, 4.69) is 31.0 Å². The fourth-order valence-electron chi connectivity index (χ4n) is 2.47. The van der Waals surface area contributed by atoms with Gasteiger partial charge in [-0.05, 0) is 24.1 Å². The van der Waals surface area contributed by atoms with E-state index in [9.17, 15) is 4.39 Å². The highest BCUT2D eigenvalue weighted by molar-refractivity contribution is 9.10. The summed E-state index contributed by atoms with van der Waals surface area (Å²) in [7, 11) is 0. The predicted molar refractivity (Wildman–Crippen MR) is 75.6 cm³/mol. The van der Waals surface area contributed by atoms with Crippen molar-refractivity contribution < 1.29 is 8.81 Å². The summed E-state index contributed by atoms with van der Waals surface area (Å²) >= 11 is 3.49. The molecule has 0 aliphatic carbocycles. The lowest BCUT2D eigenvalue weighted by Gasteiger charge is -2.28. The van der Waals surface area contributed by atoms with E-state index in [1.165, 1.54) is 6.07 Å². The van der Waals surface area contributed by atoms with Crippen LogP contribution in [-0.4, -0.2) is 21.6 Å². The average molecular weight is 340 g/mol. The number of hydrogen-bond donors (Lipinski definition) is 0. The summed E-state index contributed by atoms with van der Waals surface area (Å²) in [4.78, 5) is 2.13. The molecule has 0 amide bonds. The van der Waals surface area contributed by atoms with Gasteiger partial charge in [-0.25, -0.2) is 4.39 Å². The first kappa shape index (κ1) is 13.7. The minimum absolute atomic E-state index is 0.146. The lowest BCUT2D eigenvalue weighted by molar-refractivity contribution is 0.215. The van der Waals surface area contributed by atoms with Gasteiger partial charge in [-0.1, -0.05) is 22.9 Å². The molecule has 3 rings (SSSR count). The van der Waals surface area contributed by atoms with Crippen molar-refractivity contribution in [2.45, 2.75) is 32.9 Å². The van der Waals surface area contributed by atoms with E-state index in [0.29, 0.717) is 24.9 Å². The van der Waals surface area contributed by atoms with Crippen molar-refractivity contribution in [3.8, 4) is 0 Å². The molecular formula is C14H15BrFN3O. The standard InChI is InChI=1S/C14H15BrFN3O/c1-2-13-17-18-14(20-13)8-19-6-5-9-10(7-19)12(16)4-3-11(9)15/h3-4H,2,5-8H2,1H3. The zero-order valence-electron chi connectivity index (χ0n) is 11.2. The van der Waals surface area contributed by atoms with Gasteiger partial charge in [0.25, 0.3) is 0 Å². The van der Waals surface area contributed by atoms with Gasteiger partial charge in [0.2, 0.25) is 11.8 Å². The largest absolute Gasteiger partial charge is 0.424 e. The summed E-state index contributed by atoms with van der Waals surface area (Å²) in [5.41, 5.74) is 1.84. The third-order valence-electron chi connectivity index (χ3n) is 3.55. The second kappa shape index (κ2) is 5.61. The molecular weight excluding hydrogens is 325 g/mol. The molecule has 2 aromatic rings. The van der Waals surface area contributed by atoms with Crippen molar-refractivity contribution in [3.05, 3.63) is 45.3 Å². The maximum Gasteiger partial charge on any atom is 0.230 e. The summed E-state index contributed by atoms with van der Waals surface area (Å²) in [5, 5.41) is 7.97. The number of aryl methyl sites for hydroxylation is 1. The Balaban J connectivity index is 1.77. The second-order valence-corrected chi connectivity index (χ2v) is 5.74. The molecule has 0 unspecified atom stereocenters. The first-order valence-corrected chi connectivity index (χ1v) is 7.46. The van der Waals surface area contributed by atoms with E-state index in [4.69, 9.17) is 4.42 Å². The van der Waals surface area contributed by atoms with E-state index in [0.717, 1.165) is 35.0 Å².